The van der Waals surface area contributed by atoms with Crippen LogP contribution in [-0.2, 0) is 10.3 Å². The van der Waals surface area contributed by atoms with Crippen LogP contribution in [0, 0.1) is 5.92 Å². The summed E-state index contributed by atoms with van der Waals surface area (Å²) >= 11 is 0. The third-order valence-corrected chi connectivity index (χ3v) is 4.41. The summed E-state index contributed by atoms with van der Waals surface area (Å²) in [6, 6.07) is 0.123. The Labute approximate surface area is 121 Å². The molecule has 0 saturated heterocycles. The van der Waals surface area contributed by atoms with Crippen LogP contribution in [0.1, 0.15) is 70.6 Å². The van der Waals surface area contributed by atoms with Gasteiger partial charge in [-0.3, -0.25) is 0 Å². The van der Waals surface area contributed by atoms with E-state index in [2.05, 4.69) is 29.3 Å². The highest BCUT2D eigenvalue weighted by Gasteiger charge is 2.41. The molecule has 1 atom stereocenters. The fraction of sp³-hybridized carbons (Fsp3) is 0.867. The standard InChI is InChI=1S/C15H27N3O2/c1-5-12(16-4)13-17-14(18-20-13)15(19-6-2)9-7-11(3)8-10-15/h11-12,16H,5-10H2,1-4H3. The van der Waals surface area contributed by atoms with Crippen molar-refractivity contribution < 1.29 is 9.26 Å². The van der Waals surface area contributed by atoms with Gasteiger partial charge in [0.25, 0.3) is 0 Å². The van der Waals surface area contributed by atoms with E-state index >= 15 is 0 Å². The Morgan fingerprint density at radius 3 is 2.65 bits per heavy atom. The molecule has 0 aromatic carbocycles. The van der Waals surface area contributed by atoms with Crippen LogP contribution in [0.4, 0.5) is 0 Å². The molecule has 0 spiro atoms. The van der Waals surface area contributed by atoms with E-state index in [-0.39, 0.29) is 11.6 Å². The van der Waals surface area contributed by atoms with Crippen LogP contribution in [0.15, 0.2) is 4.52 Å². The van der Waals surface area contributed by atoms with Crippen LogP contribution in [0.5, 0.6) is 0 Å². The molecule has 1 aromatic rings. The monoisotopic (exact) mass is 281 g/mol. The van der Waals surface area contributed by atoms with E-state index in [9.17, 15) is 0 Å². The third kappa shape index (κ3) is 3.04. The fourth-order valence-electron chi connectivity index (χ4n) is 3.00. The van der Waals surface area contributed by atoms with E-state index in [1.165, 1.54) is 0 Å². The van der Waals surface area contributed by atoms with Crippen molar-refractivity contribution in [2.45, 2.75) is 64.5 Å². The van der Waals surface area contributed by atoms with Gasteiger partial charge in [-0.15, -0.1) is 0 Å². The van der Waals surface area contributed by atoms with E-state index in [1.807, 2.05) is 14.0 Å². The molecule has 1 fully saturated rings. The van der Waals surface area contributed by atoms with Crippen molar-refractivity contribution >= 4 is 0 Å². The van der Waals surface area contributed by atoms with Gasteiger partial charge in [0.2, 0.25) is 11.7 Å². The second-order valence-corrected chi connectivity index (χ2v) is 5.82. The zero-order chi connectivity index (χ0) is 14.6. The van der Waals surface area contributed by atoms with E-state index < -0.39 is 0 Å². The maximum absolute atomic E-state index is 6.06. The van der Waals surface area contributed by atoms with Crippen LogP contribution in [0.3, 0.4) is 0 Å². The van der Waals surface area contributed by atoms with Crippen LogP contribution in [0.2, 0.25) is 0 Å². The lowest BCUT2D eigenvalue weighted by Gasteiger charge is -2.36. The minimum absolute atomic E-state index is 0.123. The number of nitrogens with zero attached hydrogens (tertiary/aromatic N) is 2. The van der Waals surface area contributed by atoms with Crippen LogP contribution in [-0.4, -0.2) is 23.8 Å². The van der Waals surface area contributed by atoms with Gasteiger partial charge in [0, 0.05) is 6.61 Å². The van der Waals surface area contributed by atoms with Crippen molar-refractivity contribution in [3.63, 3.8) is 0 Å². The summed E-state index contributed by atoms with van der Waals surface area (Å²) < 4.78 is 11.5. The Hall–Kier alpha value is -0.940. The zero-order valence-electron chi connectivity index (χ0n) is 13.1. The van der Waals surface area contributed by atoms with E-state index in [0.29, 0.717) is 12.5 Å². The highest BCUT2D eigenvalue weighted by molar-refractivity contribution is 5.05. The van der Waals surface area contributed by atoms with E-state index in [1.54, 1.807) is 0 Å². The number of nitrogens with one attached hydrogen (secondary N) is 1. The fourth-order valence-corrected chi connectivity index (χ4v) is 3.00. The van der Waals surface area contributed by atoms with E-state index in [0.717, 1.165) is 43.8 Å². The number of rotatable bonds is 6. The minimum Gasteiger partial charge on any atom is -0.367 e. The molecule has 1 unspecified atom stereocenters. The van der Waals surface area contributed by atoms with Crippen molar-refractivity contribution in [2.24, 2.45) is 5.92 Å². The molecule has 0 amide bonds. The van der Waals surface area contributed by atoms with Gasteiger partial charge in [-0.25, -0.2) is 0 Å². The normalized spacial score (nSPS) is 28.5. The molecular formula is C15H27N3O2. The molecule has 0 aliphatic heterocycles. The second-order valence-electron chi connectivity index (χ2n) is 5.82. The van der Waals surface area contributed by atoms with Crippen molar-refractivity contribution in [3.8, 4) is 0 Å². The maximum atomic E-state index is 6.06. The molecule has 1 aliphatic carbocycles. The largest absolute Gasteiger partial charge is 0.367 e. The lowest BCUT2D eigenvalue weighted by Crippen LogP contribution is -2.35. The molecular weight excluding hydrogens is 254 g/mol. The minimum atomic E-state index is -0.338. The highest BCUT2D eigenvalue weighted by atomic mass is 16.5. The Balaban J connectivity index is 2.22. The number of aromatic nitrogens is 2. The third-order valence-electron chi connectivity index (χ3n) is 4.41. The van der Waals surface area contributed by atoms with Crippen LogP contribution >= 0.6 is 0 Å². The van der Waals surface area contributed by atoms with Gasteiger partial charge >= 0.3 is 0 Å². The van der Waals surface area contributed by atoms with Crippen molar-refractivity contribution in [1.29, 1.82) is 0 Å². The maximum Gasteiger partial charge on any atom is 0.243 e. The average Bonchev–Trinajstić information content (AvgIpc) is 2.94. The molecule has 1 saturated carbocycles. The van der Waals surface area contributed by atoms with Gasteiger partial charge in [0.05, 0.1) is 6.04 Å². The predicted octanol–water partition coefficient (Wildman–Crippen LogP) is 3.18. The van der Waals surface area contributed by atoms with Gasteiger partial charge in [-0.1, -0.05) is 19.0 Å². The summed E-state index contributed by atoms with van der Waals surface area (Å²) in [6.45, 7) is 7.11. The number of hydrogen-bond donors (Lipinski definition) is 1. The highest BCUT2D eigenvalue weighted by Crippen LogP contribution is 2.41. The summed E-state index contributed by atoms with van der Waals surface area (Å²) in [5.74, 6) is 2.16. The first-order valence-corrected chi connectivity index (χ1v) is 7.80. The SMILES string of the molecule is CCOC1(c2noc(C(CC)NC)n2)CCC(C)CC1. The topological polar surface area (TPSA) is 60.2 Å². The Bertz CT molecular complexity index is 407. The van der Waals surface area contributed by atoms with Crippen molar-refractivity contribution in [1.82, 2.24) is 15.5 Å². The van der Waals surface area contributed by atoms with Crippen LogP contribution < -0.4 is 5.32 Å². The molecule has 20 heavy (non-hydrogen) atoms. The molecule has 0 bridgehead atoms. The van der Waals surface area contributed by atoms with Gasteiger partial charge in [0.1, 0.15) is 5.60 Å². The Morgan fingerprint density at radius 1 is 1.40 bits per heavy atom. The summed E-state index contributed by atoms with van der Waals surface area (Å²) in [4.78, 5) is 4.63. The summed E-state index contributed by atoms with van der Waals surface area (Å²) in [6.07, 6.45) is 5.21. The predicted molar refractivity (Wildman–Crippen MR) is 77.3 cm³/mol. The zero-order valence-corrected chi connectivity index (χ0v) is 13.1. The van der Waals surface area contributed by atoms with Gasteiger partial charge < -0.3 is 14.6 Å². The molecule has 0 radical (unpaired) electrons. The van der Waals surface area contributed by atoms with Crippen molar-refractivity contribution in [2.75, 3.05) is 13.7 Å². The molecule has 5 heteroatoms. The second kappa shape index (κ2) is 6.68. The lowest BCUT2D eigenvalue weighted by molar-refractivity contribution is -0.0847. The first-order valence-electron chi connectivity index (χ1n) is 7.80. The lowest BCUT2D eigenvalue weighted by atomic mass is 9.79. The first kappa shape index (κ1) is 15.4. The first-order chi connectivity index (χ1) is 9.65. The molecule has 1 heterocycles. The van der Waals surface area contributed by atoms with Gasteiger partial charge in [-0.05, 0) is 52.0 Å². The van der Waals surface area contributed by atoms with Gasteiger partial charge in [-0.2, -0.15) is 4.98 Å². The van der Waals surface area contributed by atoms with Crippen LogP contribution in [0.25, 0.3) is 0 Å². The Kier molecular flexibility index (Phi) is 5.16. The molecule has 1 aromatic heterocycles. The molecule has 2 rings (SSSR count). The van der Waals surface area contributed by atoms with Crippen molar-refractivity contribution in [3.05, 3.63) is 11.7 Å². The average molecular weight is 281 g/mol. The summed E-state index contributed by atoms with van der Waals surface area (Å²) in [5, 5.41) is 7.42. The molecule has 1 N–H and O–H groups in total. The van der Waals surface area contributed by atoms with Gasteiger partial charge in [0.15, 0.2) is 0 Å². The molecule has 114 valence electrons. The number of ether oxygens (including phenoxy) is 1. The molecule has 1 aliphatic rings. The Morgan fingerprint density at radius 2 is 2.10 bits per heavy atom. The van der Waals surface area contributed by atoms with E-state index in [4.69, 9.17) is 9.26 Å². The smallest absolute Gasteiger partial charge is 0.243 e. The summed E-state index contributed by atoms with van der Waals surface area (Å²) in [7, 11) is 1.92. The summed E-state index contributed by atoms with van der Waals surface area (Å²) in [5.41, 5.74) is -0.338. The number of hydrogen-bond acceptors (Lipinski definition) is 5. The quantitative estimate of drug-likeness (QED) is 0.867. The molecule has 5 nitrogen and oxygen atoms in total.